The highest BCUT2D eigenvalue weighted by molar-refractivity contribution is 5.29. The van der Waals surface area contributed by atoms with Crippen LogP contribution in [0.1, 0.15) is 22.3 Å². The van der Waals surface area contributed by atoms with Gasteiger partial charge in [0.2, 0.25) is 0 Å². The summed E-state index contributed by atoms with van der Waals surface area (Å²) in [6, 6.07) is 30.0. The Morgan fingerprint density at radius 3 is 0.771 bits per heavy atom. The monoisotopic (exact) mass is 660 g/mol. The first-order valence-corrected chi connectivity index (χ1v) is 15.8. The molecule has 0 radical (unpaired) electrons. The molecule has 0 aromatic heterocycles. The Kier molecular flexibility index (Phi) is 12.7. The fourth-order valence-corrected chi connectivity index (χ4v) is 5.57. The Hall–Kier alpha value is -4.16. The number of hydrogen-bond acceptors (Lipinski definition) is 10. The third-order valence-electron chi connectivity index (χ3n) is 8.40. The van der Waals surface area contributed by atoms with Crippen LogP contribution in [0.2, 0.25) is 0 Å². The van der Waals surface area contributed by atoms with Gasteiger partial charge in [-0.1, -0.05) is 48.5 Å². The van der Waals surface area contributed by atoms with Gasteiger partial charge < -0.3 is 48.1 Å². The normalized spacial score (nSPS) is 22.2. The molecule has 4 aromatic carbocycles. The van der Waals surface area contributed by atoms with Crippen molar-refractivity contribution in [3.05, 3.63) is 119 Å². The zero-order valence-electron chi connectivity index (χ0n) is 27.7. The van der Waals surface area contributed by atoms with Gasteiger partial charge in [-0.2, -0.15) is 0 Å². The van der Waals surface area contributed by atoms with Crippen LogP contribution < -0.4 is 18.9 Å². The molecule has 0 bridgehead atoms. The van der Waals surface area contributed by atoms with Gasteiger partial charge in [0.15, 0.2) is 0 Å². The fourth-order valence-electron chi connectivity index (χ4n) is 5.57. The summed E-state index contributed by atoms with van der Waals surface area (Å²) in [5.41, 5.74) is 3.49. The molecule has 6 atom stereocenters. The molecule has 48 heavy (non-hydrogen) atoms. The van der Waals surface area contributed by atoms with Gasteiger partial charge >= 0.3 is 0 Å². The van der Waals surface area contributed by atoms with Crippen LogP contribution in [0.5, 0.6) is 23.0 Å². The summed E-state index contributed by atoms with van der Waals surface area (Å²) >= 11 is 0. The number of aliphatic hydroxyl groups excluding tert-OH is 2. The molecule has 5 rings (SSSR count). The van der Waals surface area contributed by atoms with Gasteiger partial charge in [-0.25, -0.2) is 0 Å². The molecule has 0 spiro atoms. The Morgan fingerprint density at radius 1 is 0.354 bits per heavy atom. The van der Waals surface area contributed by atoms with Crippen LogP contribution in [-0.4, -0.2) is 75.3 Å². The fraction of sp³-hybridized carbons (Fsp3) is 0.368. The van der Waals surface area contributed by atoms with Gasteiger partial charge in [-0.15, -0.1) is 0 Å². The molecule has 0 heterocycles. The Bertz CT molecular complexity index is 1390. The first kappa shape index (κ1) is 35.2. The molecule has 0 aliphatic heterocycles. The average Bonchev–Trinajstić information content (AvgIpc) is 3.14. The third kappa shape index (κ3) is 9.04. The molecule has 0 unspecified atom stereocenters. The lowest BCUT2D eigenvalue weighted by Crippen LogP contribution is -2.66. The van der Waals surface area contributed by atoms with E-state index in [9.17, 15) is 10.2 Å². The molecule has 10 heteroatoms. The topological polar surface area (TPSA) is 114 Å². The molecule has 256 valence electrons. The summed E-state index contributed by atoms with van der Waals surface area (Å²) in [5.74, 6) is 2.89. The van der Waals surface area contributed by atoms with E-state index in [1.54, 1.807) is 28.4 Å². The van der Waals surface area contributed by atoms with E-state index in [4.69, 9.17) is 37.9 Å². The first-order chi connectivity index (χ1) is 23.4. The van der Waals surface area contributed by atoms with E-state index in [-0.39, 0.29) is 26.4 Å². The van der Waals surface area contributed by atoms with Crippen molar-refractivity contribution in [3.63, 3.8) is 0 Å². The summed E-state index contributed by atoms with van der Waals surface area (Å²) in [6.45, 7) is 0.688. The van der Waals surface area contributed by atoms with Crippen molar-refractivity contribution < 1.29 is 48.1 Å². The van der Waals surface area contributed by atoms with Gasteiger partial charge in [0.1, 0.15) is 59.6 Å². The van der Waals surface area contributed by atoms with Crippen LogP contribution >= 0.6 is 0 Å². The smallest absolute Gasteiger partial charge is 0.118 e. The molecular formula is C38H44O10. The Labute approximate surface area is 281 Å². The van der Waals surface area contributed by atoms with E-state index in [1.165, 1.54) is 0 Å². The largest absolute Gasteiger partial charge is 0.497 e. The molecule has 1 aliphatic carbocycles. The second kappa shape index (κ2) is 17.3. The highest BCUT2D eigenvalue weighted by atomic mass is 16.6. The number of benzene rings is 4. The van der Waals surface area contributed by atoms with Gasteiger partial charge in [-0.3, -0.25) is 0 Å². The summed E-state index contributed by atoms with van der Waals surface area (Å²) in [7, 11) is 6.44. The summed E-state index contributed by atoms with van der Waals surface area (Å²) < 4.78 is 47.0. The van der Waals surface area contributed by atoms with Crippen molar-refractivity contribution in [2.45, 2.75) is 63.1 Å². The van der Waals surface area contributed by atoms with E-state index in [0.717, 1.165) is 45.3 Å². The molecule has 0 saturated heterocycles. The van der Waals surface area contributed by atoms with Crippen LogP contribution in [0.4, 0.5) is 0 Å². The molecule has 0 amide bonds. The lowest BCUT2D eigenvalue weighted by atomic mass is 9.84. The van der Waals surface area contributed by atoms with Crippen molar-refractivity contribution in [1.29, 1.82) is 0 Å². The van der Waals surface area contributed by atoms with Crippen molar-refractivity contribution in [3.8, 4) is 23.0 Å². The van der Waals surface area contributed by atoms with E-state index in [1.807, 2.05) is 97.1 Å². The Morgan fingerprint density at radius 2 is 0.562 bits per heavy atom. The maximum Gasteiger partial charge on any atom is 0.118 e. The van der Waals surface area contributed by atoms with E-state index in [0.29, 0.717) is 0 Å². The molecule has 1 aliphatic rings. The standard InChI is InChI=1S/C38H44O10/c1-41-29-13-5-25(6-14-29)21-45-35-33(39)34(40)36(46-22-26-7-15-30(42-2)16-8-26)38(48-24-28-11-19-32(44-4)20-12-28)37(35)47-23-27-9-17-31(43-3)18-10-27/h5-20,33-40H,21-24H2,1-4H3/t33-,34+,35-,36-,37+,38+/m0/s1. The summed E-state index contributed by atoms with van der Waals surface area (Å²) in [6.07, 6.45) is -6.26. The highest BCUT2D eigenvalue weighted by Crippen LogP contribution is 2.33. The average molecular weight is 661 g/mol. The van der Waals surface area contributed by atoms with Gasteiger partial charge in [0.25, 0.3) is 0 Å². The van der Waals surface area contributed by atoms with E-state index >= 15 is 0 Å². The van der Waals surface area contributed by atoms with Gasteiger partial charge in [-0.05, 0) is 70.8 Å². The van der Waals surface area contributed by atoms with Gasteiger partial charge in [0, 0.05) is 0 Å². The SMILES string of the molecule is COc1ccc(CO[C@H]2[C@H](OCc3ccc(OC)cc3)[C@@H](OCc3ccc(OC)cc3)[C@@H](O)[C@@H](O)[C@@H]2OCc2ccc(OC)cc2)cc1. The van der Waals surface area contributed by atoms with Crippen LogP contribution in [0.3, 0.4) is 0 Å². The molecule has 10 nitrogen and oxygen atoms in total. The molecule has 1 saturated carbocycles. The lowest BCUT2D eigenvalue weighted by Gasteiger charge is -2.47. The quantitative estimate of drug-likeness (QED) is 0.168. The predicted octanol–water partition coefficient (Wildman–Crippen LogP) is 5.10. The van der Waals surface area contributed by atoms with Crippen molar-refractivity contribution in [2.75, 3.05) is 28.4 Å². The molecule has 1 fully saturated rings. The molecule has 2 N–H and O–H groups in total. The van der Waals surface area contributed by atoms with Gasteiger partial charge in [0.05, 0.1) is 54.9 Å². The minimum Gasteiger partial charge on any atom is -0.497 e. The van der Waals surface area contributed by atoms with Crippen LogP contribution in [-0.2, 0) is 45.4 Å². The summed E-state index contributed by atoms with van der Waals surface area (Å²) in [4.78, 5) is 0. The first-order valence-electron chi connectivity index (χ1n) is 15.8. The summed E-state index contributed by atoms with van der Waals surface area (Å²) in [5, 5.41) is 23.1. The zero-order chi connectivity index (χ0) is 33.9. The number of aliphatic hydroxyl groups is 2. The number of methoxy groups -OCH3 is 4. The minimum absolute atomic E-state index is 0.156. The van der Waals surface area contributed by atoms with Crippen LogP contribution in [0.15, 0.2) is 97.1 Å². The molecule has 4 aromatic rings. The van der Waals surface area contributed by atoms with Crippen LogP contribution in [0, 0.1) is 0 Å². The zero-order valence-corrected chi connectivity index (χ0v) is 27.7. The van der Waals surface area contributed by atoms with E-state index < -0.39 is 36.6 Å². The highest BCUT2D eigenvalue weighted by Gasteiger charge is 2.52. The van der Waals surface area contributed by atoms with Crippen molar-refractivity contribution in [1.82, 2.24) is 0 Å². The van der Waals surface area contributed by atoms with E-state index in [2.05, 4.69) is 0 Å². The van der Waals surface area contributed by atoms with Crippen LogP contribution in [0.25, 0.3) is 0 Å². The third-order valence-corrected chi connectivity index (χ3v) is 8.40. The predicted molar refractivity (Wildman–Crippen MR) is 178 cm³/mol. The maximum atomic E-state index is 11.6. The van der Waals surface area contributed by atoms with Crippen molar-refractivity contribution >= 4 is 0 Å². The lowest BCUT2D eigenvalue weighted by molar-refractivity contribution is -0.273. The molecular weight excluding hydrogens is 616 g/mol. The number of hydrogen-bond donors (Lipinski definition) is 2. The number of ether oxygens (including phenoxy) is 8. The Balaban J connectivity index is 1.43. The van der Waals surface area contributed by atoms with Crippen molar-refractivity contribution in [2.24, 2.45) is 0 Å². The second-order valence-corrected chi connectivity index (χ2v) is 11.5. The number of rotatable bonds is 16. The second-order valence-electron chi connectivity index (χ2n) is 11.5. The minimum atomic E-state index is -1.34. The maximum absolute atomic E-state index is 11.6.